The zero-order valence-corrected chi connectivity index (χ0v) is 9.10. The van der Waals surface area contributed by atoms with Crippen LogP contribution in [-0.2, 0) is 18.4 Å². The van der Waals surface area contributed by atoms with Crippen molar-refractivity contribution in [1.82, 2.24) is 20.4 Å². The van der Waals surface area contributed by atoms with Crippen LogP contribution in [-0.4, -0.2) is 32.9 Å². The topological polar surface area (TPSA) is 96.3 Å². The first-order chi connectivity index (χ1) is 7.50. The van der Waals surface area contributed by atoms with Gasteiger partial charge in [-0.15, -0.1) is 0 Å². The lowest BCUT2D eigenvalue weighted by atomic mass is 10.3. The fraction of sp³-hybridized carbons (Fsp3) is 0.444. The molecule has 0 aromatic carbocycles. The molecule has 0 radical (unpaired) electrons. The summed E-state index contributed by atoms with van der Waals surface area (Å²) in [6, 6.07) is 0.337. The number of aromatic nitrogens is 2. The standard InChI is InChI=1S/C9H14N4O3/c1-6(8(14)15)12-9(16)10-5-7-3-4-11-13(7)2/h3-4,6H,5H2,1-2H3,(H,14,15)(H2,10,12,16). The monoisotopic (exact) mass is 226 g/mol. The van der Waals surface area contributed by atoms with Crippen LogP contribution < -0.4 is 10.6 Å². The van der Waals surface area contributed by atoms with E-state index in [9.17, 15) is 9.59 Å². The van der Waals surface area contributed by atoms with Crippen LogP contribution in [0.1, 0.15) is 12.6 Å². The van der Waals surface area contributed by atoms with E-state index in [-0.39, 0.29) is 0 Å². The number of aryl methyl sites for hydroxylation is 1. The minimum atomic E-state index is -1.07. The van der Waals surface area contributed by atoms with E-state index >= 15 is 0 Å². The molecule has 3 N–H and O–H groups in total. The summed E-state index contributed by atoms with van der Waals surface area (Å²) in [5.41, 5.74) is 0.832. The number of hydrogen-bond acceptors (Lipinski definition) is 3. The second kappa shape index (κ2) is 5.15. The second-order valence-corrected chi connectivity index (χ2v) is 3.33. The summed E-state index contributed by atoms with van der Waals surface area (Å²) >= 11 is 0. The highest BCUT2D eigenvalue weighted by atomic mass is 16.4. The van der Waals surface area contributed by atoms with Crippen molar-refractivity contribution in [1.29, 1.82) is 0 Å². The first kappa shape index (κ1) is 12.0. The van der Waals surface area contributed by atoms with Gasteiger partial charge in [0, 0.05) is 13.2 Å². The molecule has 1 aromatic rings. The highest BCUT2D eigenvalue weighted by Gasteiger charge is 2.13. The molecule has 0 aliphatic rings. The molecule has 1 rings (SSSR count). The molecule has 1 aromatic heterocycles. The number of nitrogens with one attached hydrogen (secondary N) is 2. The summed E-state index contributed by atoms with van der Waals surface area (Å²) in [5.74, 6) is -1.07. The number of carbonyl (C=O) groups excluding carboxylic acids is 1. The number of carbonyl (C=O) groups is 2. The van der Waals surface area contributed by atoms with Gasteiger partial charge in [0.2, 0.25) is 0 Å². The van der Waals surface area contributed by atoms with Crippen LogP contribution in [0.5, 0.6) is 0 Å². The van der Waals surface area contributed by atoms with E-state index in [4.69, 9.17) is 5.11 Å². The molecule has 0 bridgehead atoms. The van der Waals surface area contributed by atoms with E-state index in [2.05, 4.69) is 15.7 Å². The van der Waals surface area contributed by atoms with Crippen molar-refractivity contribution in [2.24, 2.45) is 7.05 Å². The molecular formula is C9H14N4O3. The first-order valence-corrected chi connectivity index (χ1v) is 4.74. The van der Waals surface area contributed by atoms with Gasteiger partial charge in [0.15, 0.2) is 0 Å². The molecule has 1 unspecified atom stereocenters. The van der Waals surface area contributed by atoms with Crippen LogP contribution in [0.2, 0.25) is 0 Å². The lowest BCUT2D eigenvalue weighted by Crippen LogP contribution is -2.44. The Hall–Kier alpha value is -2.05. The normalized spacial score (nSPS) is 11.9. The van der Waals surface area contributed by atoms with Crippen molar-refractivity contribution in [3.63, 3.8) is 0 Å². The summed E-state index contributed by atoms with van der Waals surface area (Å²) in [7, 11) is 1.76. The molecular weight excluding hydrogens is 212 g/mol. The van der Waals surface area contributed by atoms with E-state index in [1.54, 1.807) is 24.0 Å². The zero-order valence-electron chi connectivity index (χ0n) is 9.10. The summed E-state index contributed by atoms with van der Waals surface area (Å²) in [6.07, 6.45) is 1.62. The molecule has 0 saturated carbocycles. The largest absolute Gasteiger partial charge is 0.480 e. The third-order valence-corrected chi connectivity index (χ3v) is 2.07. The molecule has 1 atom stereocenters. The van der Waals surface area contributed by atoms with Crippen molar-refractivity contribution in [2.75, 3.05) is 0 Å². The molecule has 16 heavy (non-hydrogen) atoms. The van der Waals surface area contributed by atoms with Crippen LogP contribution in [0, 0.1) is 0 Å². The lowest BCUT2D eigenvalue weighted by Gasteiger charge is -2.10. The average molecular weight is 226 g/mol. The van der Waals surface area contributed by atoms with Crippen molar-refractivity contribution >= 4 is 12.0 Å². The van der Waals surface area contributed by atoms with Gasteiger partial charge >= 0.3 is 12.0 Å². The number of rotatable bonds is 4. The Morgan fingerprint density at radius 1 is 1.62 bits per heavy atom. The molecule has 0 spiro atoms. The van der Waals surface area contributed by atoms with Gasteiger partial charge in [0.05, 0.1) is 12.2 Å². The Kier molecular flexibility index (Phi) is 3.87. The average Bonchev–Trinajstić information content (AvgIpc) is 2.61. The van der Waals surface area contributed by atoms with E-state index in [0.29, 0.717) is 6.54 Å². The third kappa shape index (κ3) is 3.26. The number of aliphatic carboxylic acids is 1. The maximum Gasteiger partial charge on any atom is 0.325 e. The maximum absolute atomic E-state index is 11.2. The van der Waals surface area contributed by atoms with Gasteiger partial charge in [0.25, 0.3) is 0 Å². The molecule has 88 valence electrons. The molecule has 0 fully saturated rings. The molecule has 0 aliphatic heterocycles. The Balaban J connectivity index is 2.36. The van der Waals surface area contributed by atoms with Crippen LogP contribution in [0.4, 0.5) is 4.79 Å². The fourth-order valence-corrected chi connectivity index (χ4v) is 1.05. The van der Waals surface area contributed by atoms with Gasteiger partial charge < -0.3 is 15.7 Å². The molecule has 0 aliphatic carbocycles. The summed E-state index contributed by atoms with van der Waals surface area (Å²) in [4.78, 5) is 21.7. The van der Waals surface area contributed by atoms with Crippen LogP contribution in [0.15, 0.2) is 12.3 Å². The SMILES string of the molecule is CC(NC(=O)NCc1ccnn1C)C(=O)O. The van der Waals surface area contributed by atoms with Gasteiger partial charge in [-0.25, -0.2) is 4.79 Å². The Bertz CT molecular complexity index is 388. The molecule has 2 amide bonds. The number of carboxylic acids is 1. The van der Waals surface area contributed by atoms with Gasteiger partial charge in [-0.1, -0.05) is 0 Å². The quantitative estimate of drug-likeness (QED) is 0.656. The summed E-state index contributed by atoms with van der Waals surface area (Å²) < 4.78 is 1.63. The van der Waals surface area contributed by atoms with Crippen molar-refractivity contribution in [2.45, 2.75) is 19.5 Å². The summed E-state index contributed by atoms with van der Waals surface area (Å²) in [6.45, 7) is 1.70. The Labute approximate surface area is 92.4 Å². The molecule has 7 heteroatoms. The second-order valence-electron chi connectivity index (χ2n) is 3.33. The Morgan fingerprint density at radius 3 is 2.81 bits per heavy atom. The predicted molar refractivity (Wildman–Crippen MR) is 55.7 cm³/mol. The fourth-order valence-electron chi connectivity index (χ4n) is 1.05. The number of hydrogen-bond donors (Lipinski definition) is 3. The molecule has 1 heterocycles. The van der Waals surface area contributed by atoms with Crippen LogP contribution in [0.3, 0.4) is 0 Å². The first-order valence-electron chi connectivity index (χ1n) is 4.74. The van der Waals surface area contributed by atoms with Gasteiger partial charge in [0.1, 0.15) is 6.04 Å². The molecule has 0 saturated heterocycles. The summed E-state index contributed by atoms with van der Waals surface area (Å²) in [5, 5.41) is 17.3. The highest BCUT2D eigenvalue weighted by Crippen LogP contribution is 1.94. The van der Waals surface area contributed by atoms with E-state index in [0.717, 1.165) is 5.69 Å². The maximum atomic E-state index is 11.2. The number of amides is 2. The minimum absolute atomic E-state index is 0.300. The number of nitrogens with zero attached hydrogens (tertiary/aromatic N) is 2. The van der Waals surface area contributed by atoms with Gasteiger partial charge in [-0.2, -0.15) is 5.10 Å². The van der Waals surface area contributed by atoms with Gasteiger partial charge in [-0.3, -0.25) is 9.48 Å². The number of urea groups is 1. The van der Waals surface area contributed by atoms with E-state index < -0.39 is 18.0 Å². The van der Waals surface area contributed by atoms with Crippen LogP contribution >= 0.6 is 0 Å². The van der Waals surface area contributed by atoms with Crippen LogP contribution in [0.25, 0.3) is 0 Å². The van der Waals surface area contributed by atoms with Crippen molar-refractivity contribution < 1.29 is 14.7 Å². The minimum Gasteiger partial charge on any atom is -0.480 e. The lowest BCUT2D eigenvalue weighted by molar-refractivity contribution is -0.138. The molecule has 7 nitrogen and oxygen atoms in total. The predicted octanol–water partition coefficient (Wildman–Crippen LogP) is -0.308. The van der Waals surface area contributed by atoms with Crippen molar-refractivity contribution in [3.05, 3.63) is 18.0 Å². The zero-order chi connectivity index (χ0) is 12.1. The highest BCUT2D eigenvalue weighted by molar-refractivity contribution is 5.82. The smallest absolute Gasteiger partial charge is 0.325 e. The Morgan fingerprint density at radius 2 is 2.31 bits per heavy atom. The van der Waals surface area contributed by atoms with Gasteiger partial charge in [-0.05, 0) is 13.0 Å². The number of carboxylic acid groups (broad SMARTS) is 1. The third-order valence-electron chi connectivity index (χ3n) is 2.07. The van der Waals surface area contributed by atoms with E-state index in [1.807, 2.05) is 0 Å². The van der Waals surface area contributed by atoms with E-state index in [1.165, 1.54) is 6.92 Å². The van der Waals surface area contributed by atoms with Crippen molar-refractivity contribution in [3.8, 4) is 0 Å².